The second kappa shape index (κ2) is 8.69. The molecule has 3 rings (SSSR count). The van der Waals surface area contributed by atoms with Crippen molar-refractivity contribution in [2.24, 2.45) is 18.7 Å². The largest absolute Gasteiger partial charge is 0.416 e. The zero-order valence-corrected chi connectivity index (χ0v) is 17.3. The van der Waals surface area contributed by atoms with Gasteiger partial charge in [-0.1, -0.05) is 18.2 Å². The summed E-state index contributed by atoms with van der Waals surface area (Å²) in [6.45, 7) is 1.86. The summed E-state index contributed by atoms with van der Waals surface area (Å²) in [6.07, 6.45) is -3.30. The van der Waals surface area contributed by atoms with E-state index in [1.54, 1.807) is 20.0 Å². The summed E-state index contributed by atoms with van der Waals surface area (Å²) in [5.41, 5.74) is 6.04. The van der Waals surface area contributed by atoms with Crippen molar-refractivity contribution in [3.05, 3.63) is 63.2 Å². The summed E-state index contributed by atoms with van der Waals surface area (Å²) in [5.74, 6) is -1.15. The Balaban J connectivity index is 1.80. The molecule has 1 atom stereocenters. The van der Waals surface area contributed by atoms with Crippen molar-refractivity contribution < 1.29 is 22.4 Å². The third-order valence-electron chi connectivity index (χ3n) is 4.98. The third kappa shape index (κ3) is 4.62. The van der Waals surface area contributed by atoms with Crippen LogP contribution in [0.1, 0.15) is 32.1 Å². The molecule has 0 aliphatic carbocycles. The number of alkyl halides is 3. The van der Waals surface area contributed by atoms with Gasteiger partial charge in [-0.2, -0.15) is 18.3 Å². The van der Waals surface area contributed by atoms with E-state index in [0.717, 1.165) is 17.1 Å². The normalized spacial score (nSPS) is 12.9. The summed E-state index contributed by atoms with van der Waals surface area (Å²) in [4.78, 5) is 14.0. The summed E-state index contributed by atoms with van der Waals surface area (Å²) >= 11 is 1.23. The van der Waals surface area contributed by atoms with E-state index >= 15 is 0 Å². The van der Waals surface area contributed by atoms with Crippen molar-refractivity contribution in [2.45, 2.75) is 25.9 Å². The fourth-order valence-electron chi connectivity index (χ4n) is 3.46. The maximum atomic E-state index is 14.1. The first-order valence-electron chi connectivity index (χ1n) is 9.28. The Morgan fingerprint density at radius 2 is 2.00 bits per heavy atom. The van der Waals surface area contributed by atoms with Crippen LogP contribution in [0.5, 0.6) is 0 Å². The number of hydrogen-bond acceptors (Lipinski definition) is 4. The third-order valence-corrected chi connectivity index (χ3v) is 6.07. The summed E-state index contributed by atoms with van der Waals surface area (Å²) in [7, 11) is 1.61. The minimum Gasteiger partial charge on any atom is -0.330 e. The van der Waals surface area contributed by atoms with Crippen molar-refractivity contribution >= 4 is 17.1 Å². The van der Waals surface area contributed by atoms with E-state index in [4.69, 9.17) is 5.73 Å². The molecule has 2 aromatic heterocycles. The summed E-state index contributed by atoms with van der Waals surface area (Å²) in [6, 6.07) is 6.93. The lowest BCUT2D eigenvalue weighted by molar-refractivity contribution is -0.138. The van der Waals surface area contributed by atoms with Gasteiger partial charge >= 0.3 is 6.18 Å². The average Bonchev–Trinajstić information content (AvgIpc) is 3.22. The molecule has 0 unspecified atom stereocenters. The minimum absolute atomic E-state index is 0.00987. The van der Waals surface area contributed by atoms with E-state index in [9.17, 15) is 22.4 Å². The van der Waals surface area contributed by atoms with Crippen LogP contribution in [0.3, 0.4) is 0 Å². The average molecular weight is 439 g/mol. The Bertz CT molecular complexity index is 1040. The van der Waals surface area contributed by atoms with Crippen LogP contribution >= 0.6 is 11.3 Å². The molecule has 0 spiro atoms. The summed E-state index contributed by atoms with van der Waals surface area (Å²) < 4.78 is 55.2. The van der Waals surface area contributed by atoms with Crippen LogP contribution in [0, 0.1) is 18.7 Å². The van der Waals surface area contributed by atoms with Crippen LogP contribution < -0.4 is 5.73 Å². The number of benzene rings is 1. The zero-order valence-electron chi connectivity index (χ0n) is 16.5. The molecule has 0 bridgehead atoms. The quantitative estimate of drug-likeness (QED) is 0.416. The highest BCUT2D eigenvalue weighted by Crippen LogP contribution is 2.35. The molecule has 0 saturated heterocycles. The van der Waals surface area contributed by atoms with Gasteiger partial charge in [0, 0.05) is 23.9 Å². The van der Waals surface area contributed by atoms with Crippen LogP contribution in [-0.2, 0) is 19.6 Å². The second-order valence-electron chi connectivity index (χ2n) is 7.13. The predicted octanol–water partition coefficient (Wildman–Crippen LogP) is 5.01. The Kier molecular flexibility index (Phi) is 6.42. The standard InChI is InChI=1S/C21H21F4N3OS/c1-12-15(20-17(22)11-27-28(20)2)9-19(30-12)18(29)8-13(10-26)7-14-5-3-4-6-16(14)21(23,24)25/h3-6,9,11,13H,7-8,10,26H2,1-2H3/t13-/m1/s1. The molecular weight excluding hydrogens is 418 g/mol. The van der Waals surface area contributed by atoms with Crippen LogP contribution in [0.2, 0.25) is 0 Å². The molecule has 0 aliphatic heterocycles. The van der Waals surface area contributed by atoms with E-state index in [-0.39, 0.29) is 36.4 Å². The maximum Gasteiger partial charge on any atom is 0.416 e. The second-order valence-corrected chi connectivity index (χ2v) is 8.39. The van der Waals surface area contributed by atoms with Crippen molar-refractivity contribution in [1.29, 1.82) is 0 Å². The van der Waals surface area contributed by atoms with Gasteiger partial charge in [-0.15, -0.1) is 11.3 Å². The SMILES string of the molecule is Cc1sc(C(=O)C[C@H](CN)Cc2ccccc2C(F)(F)F)cc1-c1c(F)cnn1C. The monoisotopic (exact) mass is 439 g/mol. The molecule has 0 saturated carbocycles. The molecule has 0 fully saturated rings. The highest BCUT2D eigenvalue weighted by Gasteiger charge is 2.33. The van der Waals surface area contributed by atoms with Gasteiger partial charge < -0.3 is 5.73 Å². The molecule has 0 aliphatic rings. The van der Waals surface area contributed by atoms with E-state index in [2.05, 4.69) is 5.10 Å². The number of hydrogen-bond donors (Lipinski definition) is 1. The molecule has 1 aromatic carbocycles. The first-order valence-corrected chi connectivity index (χ1v) is 10.1. The van der Waals surface area contributed by atoms with Crippen molar-refractivity contribution in [3.8, 4) is 11.3 Å². The fraction of sp³-hybridized carbons (Fsp3) is 0.333. The van der Waals surface area contributed by atoms with Crippen molar-refractivity contribution in [3.63, 3.8) is 0 Å². The molecule has 160 valence electrons. The summed E-state index contributed by atoms with van der Waals surface area (Å²) in [5, 5.41) is 3.88. The molecule has 4 nitrogen and oxygen atoms in total. The highest BCUT2D eigenvalue weighted by atomic mass is 32.1. The van der Waals surface area contributed by atoms with Gasteiger partial charge in [0.25, 0.3) is 0 Å². The van der Waals surface area contributed by atoms with Crippen molar-refractivity contribution in [1.82, 2.24) is 9.78 Å². The fourth-order valence-corrected chi connectivity index (χ4v) is 4.43. The lowest BCUT2D eigenvalue weighted by atomic mass is 9.91. The van der Waals surface area contributed by atoms with Crippen LogP contribution in [0.4, 0.5) is 17.6 Å². The molecule has 30 heavy (non-hydrogen) atoms. The molecular formula is C21H21F4N3OS. The number of aryl methyl sites for hydroxylation is 2. The van der Waals surface area contributed by atoms with Crippen LogP contribution in [0.15, 0.2) is 36.5 Å². The van der Waals surface area contributed by atoms with Gasteiger partial charge in [0.1, 0.15) is 5.69 Å². The van der Waals surface area contributed by atoms with Gasteiger partial charge in [0.2, 0.25) is 0 Å². The lowest BCUT2D eigenvalue weighted by Crippen LogP contribution is -2.22. The predicted molar refractivity (Wildman–Crippen MR) is 108 cm³/mol. The van der Waals surface area contributed by atoms with Gasteiger partial charge in [-0.3, -0.25) is 9.48 Å². The number of carbonyl (C=O) groups is 1. The topological polar surface area (TPSA) is 60.9 Å². The van der Waals surface area contributed by atoms with Crippen LogP contribution in [-0.4, -0.2) is 22.1 Å². The number of ketones is 1. The first kappa shape index (κ1) is 22.2. The van der Waals surface area contributed by atoms with Crippen molar-refractivity contribution in [2.75, 3.05) is 6.54 Å². The number of halogens is 4. The lowest BCUT2D eigenvalue weighted by Gasteiger charge is -2.17. The van der Waals surface area contributed by atoms with E-state index in [0.29, 0.717) is 10.4 Å². The minimum atomic E-state index is -4.47. The number of carbonyl (C=O) groups excluding carboxylic acids is 1. The van der Waals surface area contributed by atoms with E-state index in [1.807, 2.05) is 0 Å². The number of Topliss-reactive ketones (excluding diaryl/α,β-unsaturated/α-hetero) is 1. The maximum absolute atomic E-state index is 14.1. The smallest absolute Gasteiger partial charge is 0.330 e. The first-order chi connectivity index (χ1) is 14.1. The Morgan fingerprint density at radius 1 is 1.30 bits per heavy atom. The molecule has 2 N–H and O–H groups in total. The number of aromatic nitrogens is 2. The van der Waals surface area contributed by atoms with Crippen LogP contribution in [0.25, 0.3) is 11.3 Å². The Labute approximate surface area is 175 Å². The Hall–Kier alpha value is -2.52. The zero-order chi connectivity index (χ0) is 22.1. The number of thiophene rings is 1. The van der Waals surface area contributed by atoms with Gasteiger partial charge in [0.05, 0.1) is 16.6 Å². The number of nitrogens with zero attached hydrogens (tertiary/aromatic N) is 2. The number of rotatable bonds is 7. The van der Waals surface area contributed by atoms with Gasteiger partial charge in [-0.25, -0.2) is 4.39 Å². The molecule has 0 amide bonds. The van der Waals surface area contributed by atoms with E-state index < -0.39 is 23.5 Å². The van der Waals surface area contributed by atoms with Gasteiger partial charge in [0.15, 0.2) is 11.6 Å². The molecule has 0 radical (unpaired) electrons. The molecule has 3 aromatic rings. The number of nitrogens with two attached hydrogens (primary N) is 1. The molecule has 9 heteroatoms. The Morgan fingerprint density at radius 3 is 2.60 bits per heavy atom. The molecule has 2 heterocycles. The van der Waals surface area contributed by atoms with E-state index in [1.165, 1.54) is 34.2 Å². The van der Waals surface area contributed by atoms with Gasteiger partial charge in [-0.05, 0) is 43.5 Å². The highest BCUT2D eigenvalue weighted by molar-refractivity contribution is 7.14.